The van der Waals surface area contributed by atoms with Gasteiger partial charge in [0.15, 0.2) is 0 Å². The minimum atomic E-state index is -0.807. The molecule has 0 aromatic carbocycles. The Morgan fingerprint density at radius 3 is 2.70 bits per heavy atom. The van der Waals surface area contributed by atoms with Crippen LogP contribution in [-0.2, 0) is 9.53 Å². The van der Waals surface area contributed by atoms with Crippen LogP contribution in [0.15, 0.2) is 11.6 Å². The van der Waals surface area contributed by atoms with Gasteiger partial charge in [-0.1, -0.05) is 18.6 Å². The molecule has 0 aromatic heterocycles. The summed E-state index contributed by atoms with van der Waals surface area (Å²) in [5, 5.41) is 10.7. The van der Waals surface area contributed by atoms with Crippen LogP contribution in [0.4, 0.5) is 0 Å². The van der Waals surface area contributed by atoms with Gasteiger partial charge in [-0.15, -0.1) is 0 Å². The highest BCUT2D eigenvalue weighted by atomic mass is 16.5. The molecule has 3 aliphatic rings. The molecular formula is C17H26O3. The molecule has 20 heavy (non-hydrogen) atoms. The molecule has 0 saturated heterocycles. The number of hydrogen-bond donors (Lipinski definition) is 1. The maximum absolute atomic E-state index is 11.6. The summed E-state index contributed by atoms with van der Waals surface area (Å²) in [4.78, 5) is 11.6. The van der Waals surface area contributed by atoms with Gasteiger partial charge in [-0.05, 0) is 51.4 Å². The molecule has 0 aliphatic heterocycles. The van der Waals surface area contributed by atoms with E-state index in [1.54, 1.807) is 0 Å². The molecule has 1 N–H and O–H groups in total. The average molecular weight is 278 g/mol. The molecule has 3 nitrogen and oxygen atoms in total. The summed E-state index contributed by atoms with van der Waals surface area (Å²) in [5.41, 5.74) is 0.440. The van der Waals surface area contributed by atoms with Crippen LogP contribution >= 0.6 is 0 Å². The molecule has 0 amide bonds. The van der Waals surface area contributed by atoms with Gasteiger partial charge in [-0.25, -0.2) is 0 Å². The van der Waals surface area contributed by atoms with Gasteiger partial charge in [0.05, 0.1) is 5.60 Å². The zero-order chi connectivity index (χ0) is 14.9. The third-order valence-electron chi connectivity index (χ3n) is 6.39. The van der Waals surface area contributed by atoms with E-state index < -0.39 is 5.60 Å². The van der Waals surface area contributed by atoms with Crippen molar-refractivity contribution in [1.29, 1.82) is 0 Å². The second-order valence-electron chi connectivity index (χ2n) is 7.86. The van der Waals surface area contributed by atoms with Crippen LogP contribution in [0.3, 0.4) is 0 Å². The molecule has 0 aromatic rings. The number of carbonyl (C=O) groups is 1. The second kappa shape index (κ2) is 3.88. The van der Waals surface area contributed by atoms with Gasteiger partial charge in [0, 0.05) is 18.3 Å². The van der Waals surface area contributed by atoms with E-state index in [9.17, 15) is 9.90 Å². The highest BCUT2D eigenvalue weighted by Gasteiger charge is 2.81. The van der Waals surface area contributed by atoms with E-state index in [1.807, 2.05) is 13.8 Å². The number of ether oxygens (including phenoxy) is 1. The Morgan fingerprint density at radius 2 is 2.15 bits per heavy atom. The average Bonchev–Trinajstić information content (AvgIpc) is 2.98. The molecule has 5 atom stereocenters. The maximum atomic E-state index is 11.6. The third kappa shape index (κ3) is 1.53. The molecular weight excluding hydrogens is 252 g/mol. The molecule has 0 unspecified atom stereocenters. The van der Waals surface area contributed by atoms with Crippen LogP contribution in [-0.4, -0.2) is 22.8 Å². The molecule has 112 valence electrons. The number of esters is 1. The highest BCUT2D eigenvalue weighted by molar-refractivity contribution is 5.66. The van der Waals surface area contributed by atoms with Gasteiger partial charge >= 0.3 is 5.97 Å². The number of allylic oxidation sites excluding steroid dienone is 1. The summed E-state index contributed by atoms with van der Waals surface area (Å²) in [6.07, 6.45) is 5.33. The minimum absolute atomic E-state index is 0.166. The molecule has 3 aliphatic carbocycles. The van der Waals surface area contributed by atoms with E-state index in [2.05, 4.69) is 19.9 Å². The van der Waals surface area contributed by atoms with Crippen LogP contribution in [0, 0.1) is 22.7 Å². The third-order valence-corrected chi connectivity index (χ3v) is 6.39. The summed E-state index contributed by atoms with van der Waals surface area (Å²) >= 11 is 0. The quantitative estimate of drug-likeness (QED) is 0.624. The van der Waals surface area contributed by atoms with Crippen molar-refractivity contribution < 1.29 is 14.6 Å². The molecule has 3 rings (SSSR count). The number of hydrogen-bond acceptors (Lipinski definition) is 3. The predicted octanol–water partition coefficient (Wildman–Crippen LogP) is 3.07. The van der Waals surface area contributed by atoms with Gasteiger partial charge in [0.2, 0.25) is 0 Å². The number of aliphatic hydroxyl groups is 1. The van der Waals surface area contributed by atoms with Gasteiger partial charge in [0.1, 0.15) is 6.10 Å². The standard InChI is InChI=1S/C17H26O3/c1-10-7-6-8-16(5)12-9-17(12,15(3,4)19)14(13(10)16)20-11(2)18/h7,12-14,19H,6,8-9H2,1-5H3/t12-,13+,14-,16-,17+/m1/s1. The predicted molar refractivity (Wildman–Crippen MR) is 77.0 cm³/mol. The van der Waals surface area contributed by atoms with Crippen molar-refractivity contribution in [2.45, 2.75) is 65.6 Å². The molecule has 0 spiro atoms. The van der Waals surface area contributed by atoms with Crippen molar-refractivity contribution in [3.63, 3.8) is 0 Å². The zero-order valence-corrected chi connectivity index (χ0v) is 13.2. The van der Waals surface area contributed by atoms with Crippen molar-refractivity contribution in [2.24, 2.45) is 22.7 Å². The lowest BCUT2D eigenvalue weighted by Gasteiger charge is -2.42. The minimum Gasteiger partial charge on any atom is -0.461 e. The largest absolute Gasteiger partial charge is 0.461 e. The Labute approximate surface area is 121 Å². The highest BCUT2D eigenvalue weighted by Crippen LogP contribution is 2.79. The normalized spacial score (nSPS) is 46.3. The Hall–Kier alpha value is -0.830. The summed E-state index contributed by atoms with van der Waals surface area (Å²) in [6.45, 7) is 9.72. The first-order valence-corrected chi connectivity index (χ1v) is 7.71. The first-order valence-electron chi connectivity index (χ1n) is 7.71. The lowest BCUT2D eigenvalue weighted by molar-refractivity contribution is -0.160. The van der Waals surface area contributed by atoms with Gasteiger partial charge < -0.3 is 9.84 Å². The summed E-state index contributed by atoms with van der Waals surface area (Å²) < 4.78 is 5.76. The summed E-state index contributed by atoms with van der Waals surface area (Å²) in [7, 11) is 0. The lowest BCUT2D eigenvalue weighted by Crippen LogP contribution is -2.46. The molecule has 3 heteroatoms. The number of carbonyl (C=O) groups excluding carboxylic acids is 1. The Morgan fingerprint density at radius 1 is 1.50 bits per heavy atom. The first-order chi connectivity index (χ1) is 9.14. The fourth-order valence-electron chi connectivity index (χ4n) is 5.48. The van der Waals surface area contributed by atoms with E-state index in [-0.39, 0.29) is 28.8 Å². The summed E-state index contributed by atoms with van der Waals surface area (Å²) in [5.74, 6) is 0.505. The van der Waals surface area contributed by atoms with Crippen LogP contribution in [0.5, 0.6) is 0 Å². The van der Waals surface area contributed by atoms with E-state index in [1.165, 1.54) is 12.5 Å². The lowest BCUT2D eigenvalue weighted by atomic mass is 9.66. The van der Waals surface area contributed by atoms with Crippen molar-refractivity contribution >= 4 is 5.97 Å². The SMILES string of the molecule is CC(=O)O[C@@H]1[C@@H]2C(C)=CCC[C@]2(C)[C@H]2C[C@@]12C(C)(C)O. The van der Waals surface area contributed by atoms with Crippen molar-refractivity contribution in [1.82, 2.24) is 0 Å². The van der Waals surface area contributed by atoms with E-state index in [0.717, 1.165) is 19.3 Å². The molecule has 0 radical (unpaired) electrons. The Balaban J connectivity index is 2.08. The maximum Gasteiger partial charge on any atom is 0.302 e. The van der Waals surface area contributed by atoms with Crippen molar-refractivity contribution in [3.8, 4) is 0 Å². The van der Waals surface area contributed by atoms with Crippen molar-refractivity contribution in [3.05, 3.63) is 11.6 Å². The van der Waals surface area contributed by atoms with E-state index in [0.29, 0.717) is 5.92 Å². The first kappa shape index (κ1) is 14.1. The van der Waals surface area contributed by atoms with Crippen LogP contribution in [0.1, 0.15) is 53.9 Å². The smallest absolute Gasteiger partial charge is 0.302 e. The van der Waals surface area contributed by atoms with Crippen LogP contribution < -0.4 is 0 Å². The summed E-state index contributed by atoms with van der Waals surface area (Å²) in [6, 6.07) is 0. The Bertz CT molecular complexity index is 487. The number of fused-ring (bicyclic) bond motifs is 3. The Kier molecular flexibility index (Phi) is 2.74. The van der Waals surface area contributed by atoms with E-state index in [4.69, 9.17) is 4.74 Å². The fraction of sp³-hybridized carbons (Fsp3) is 0.824. The topological polar surface area (TPSA) is 46.5 Å². The monoisotopic (exact) mass is 278 g/mol. The van der Waals surface area contributed by atoms with E-state index >= 15 is 0 Å². The van der Waals surface area contributed by atoms with Crippen LogP contribution in [0.2, 0.25) is 0 Å². The van der Waals surface area contributed by atoms with Gasteiger partial charge in [0.25, 0.3) is 0 Å². The molecule has 2 fully saturated rings. The van der Waals surface area contributed by atoms with Gasteiger partial charge in [-0.2, -0.15) is 0 Å². The number of rotatable bonds is 2. The molecule has 0 bridgehead atoms. The van der Waals surface area contributed by atoms with Gasteiger partial charge in [-0.3, -0.25) is 4.79 Å². The van der Waals surface area contributed by atoms with Crippen LogP contribution in [0.25, 0.3) is 0 Å². The molecule has 0 heterocycles. The van der Waals surface area contributed by atoms with Crippen molar-refractivity contribution in [2.75, 3.05) is 0 Å². The zero-order valence-electron chi connectivity index (χ0n) is 13.2. The second-order valence-corrected chi connectivity index (χ2v) is 7.86. The fourth-order valence-corrected chi connectivity index (χ4v) is 5.48. The molecule has 2 saturated carbocycles.